The number of hydrogen-bond acceptors (Lipinski definition) is 5. The van der Waals surface area contributed by atoms with Gasteiger partial charge >= 0.3 is 0 Å². The van der Waals surface area contributed by atoms with Gasteiger partial charge < -0.3 is 10.4 Å². The molecule has 0 saturated carbocycles. The maximum Gasteiger partial charge on any atom is 0.289 e. The Labute approximate surface area is 111 Å². The molecule has 0 bridgehead atoms. The standard InChI is InChI=1S/C13H17N3O3/c1-13(2,5-6-17)9-15-11-4-3-10(8-14)12(7-11)16(18)19/h3-4,7,15,17H,5-6,9H2,1-2H3. The number of rotatable bonds is 6. The van der Waals surface area contributed by atoms with Crippen molar-refractivity contribution >= 4 is 11.4 Å². The summed E-state index contributed by atoms with van der Waals surface area (Å²) in [6.45, 7) is 4.67. The molecule has 0 aliphatic heterocycles. The van der Waals surface area contributed by atoms with Gasteiger partial charge in [-0.25, -0.2) is 0 Å². The monoisotopic (exact) mass is 263 g/mol. The van der Waals surface area contributed by atoms with Crippen LogP contribution in [0.5, 0.6) is 0 Å². The van der Waals surface area contributed by atoms with Crippen LogP contribution in [-0.2, 0) is 0 Å². The van der Waals surface area contributed by atoms with Crippen LogP contribution in [0.15, 0.2) is 18.2 Å². The number of nitro benzene ring substituents is 1. The molecule has 0 aliphatic carbocycles. The molecule has 102 valence electrons. The highest BCUT2D eigenvalue weighted by Crippen LogP contribution is 2.25. The topological polar surface area (TPSA) is 99.2 Å². The van der Waals surface area contributed by atoms with Gasteiger partial charge in [-0.05, 0) is 24.0 Å². The van der Waals surface area contributed by atoms with Crippen LogP contribution in [0.25, 0.3) is 0 Å². The third-order valence-corrected chi connectivity index (χ3v) is 2.87. The van der Waals surface area contributed by atoms with E-state index in [2.05, 4.69) is 5.32 Å². The van der Waals surface area contributed by atoms with Crippen LogP contribution < -0.4 is 5.32 Å². The molecule has 0 heterocycles. The molecule has 0 atom stereocenters. The first-order valence-corrected chi connectivity index (χ1v) is 5.93. The summed E-state index contributed by atoms with van der Waals surface area (Å²) < 4.78 is 0. The molecule has 1 aromatic carbocycles. The lowest BCUT2D eigenvalue weighted by atomic mass is 9.89. The van der Waals surface area contributed by atoms with Gasteiger partial charge in [0.05, 0.1) is 4.92 Å². The molecule has 0 fully saturated rings. The number of benzene rings is 1. The fraction of sp³-hybridized carbons (Fsp3) is 0.462. The Balaban J connectivity index is 2.84. The Morgan fingerprint density at radius 2 is 2.21 bits per heavy atom. The summed E-state index contributed by atoms with van der Waals surface area (Å²) in [5, 5.41) is 31.6. The van der Waals surface area contributed by atoms with Crippen molar-refractivity contribution in [1.82, 2.24) is 0 Å². The van der Waals surface area contributed by atoms with Crippen LogP contribution in [0.3, 0.4) is 0 Å². The number of hydrogen-bond donors (Lipinski definition) is 2. The van der Waals surface area contributed by atoms with Gasteiger partial charge in [0, 0.05) is 24.9 Å². The highest BCUT2D eigenvalue weighted by molar-refractivity contribution is 5.59. The third kappa shape index (κ3) is 4.23. The molecule has 6 heteroatoms. The van der Waals surface area contributed by atoms with Crippen molar-refractivity contribution < 1.29 is 10.0 Å². The maximum absolute atomic E-state index is 10.8. The van der Waals surface area contributed by atoms with E-state index in [0.717, 1.165) is 0 Å². The van der Waals surface area contributed by atoms with Crippen molar-refractivity contribution in [3.8, 4) is 6.07 Å². The molecule has 0 spiro atoms. The summed E-state index contributed by atoms with van der Waals surface area (Å²) in [4.78, 5) is 10.3. The summed E-state index contributed by atoms with van der Waals surface area (Å²) in [5.74, 6) is 0. The van der Waals surface area contributed by atoms with Crippen molar-refractivity contribution in [3.05, 3.63) is 33.9 Å². The Morgan fingerprint density at radius 1 is 1.53 bits per heavy atom. The van der Waals surface area contributed by atoms with Gasteiger partial charge in [0.1, 0.15) is 11.6 Å². The summed E-state index contributed by atoms with van der Waals surface area (Å²) in [6.07, 6.45) is 0.637. The SMILES string of the molecule is CC(C)(CCO)CNc1ccc(C#N)c([N+](=O)[O-])c1. The molecule has 1 aromatic rings. The van der Waals surface area contributed by atoms with Crippen molar-refractivity contribution in [2.45, 2.75) is 20.3 Å². The molecule has 6 nitrogen and oxygen atoms in total. The molecule has 0 amide bonds. The molecule has 0 saturated heterocycles. The van der Waals surface area contributed by atoms with Crippen LogP contribution in [0.4, 0.5) is 11.4 Å². The van der Waals surface area contributed by atoms with Crippen molar-refractivity contribution in [3.63, 3.8) is 0 Å². The Bertz CT molecular complexity index is 506. The smallest absolute Gasteiger partial charge is 0.289 e. The zero-order chi connectivity index (χ0) is 14.5. The zero-order valence-corrected chi connectivity index (χ0v) is 11.0. The average molecular weight is 263 g/mol. The van der Waals surface area contributed by atoms with Gasteiger partial charge in [0.2, 0.25) is 0 Å². The first kappa shape index (κ1) is 14.9. The molecular weight excluding hydrogens is 246 g/mol. The van der Waals surface area contributed by atoms with Crippen LogP contribution in [0, 0.1) is 26.9 Å². The lowest BCUT2D eigenvalue weighted by Crippen LogP contribution is -2.24. The van der Waals surface area contributed by atoms with Crippen molar-refractivity contribution in [2.24, 2.45) is 5.41 Å². The van der Waals surface area contributed by atoms with Gasteiger partial charge in [-0.1, -0.05) is 13.8 Å². The second-order valence-corrected chi connectivity index (χ2v) is 5.09. The molecular formula is C13H17N3O3. The summed E-state index contributed by atoms with van der Waals surface area (Å²) in [5.41, 5.74) is 0.326. The van der Waals surface area contributed by atoms with Gasteiger partial charge in [-0.3, -0.25) is 10.1 Å². The highest BCUT2D eigenvalue weighted by atomic mass is 16.6. The van der Waals surface area contributed by atoms with E-state index < -0.39 is 4.92 Å². The number of nitrogens with one attached hydrogen (secondary N) is 1. The average Bonchev–Trinajstić information content (AvgIpc) is 2.36. The lowest BCUT2D eigenvalue weighted by molar-refractivity contribution is -0.385. The minimum Gasteiger partial charge on any atom is -0.396 e. The molecule has 1 rings (SSSR count). The first-order valence-electron chi connectivity index (χ1n) is 5.93. The number of aliphatic hydroxyl groups is 1. The molecule has 0 radical (unpaired) electrons. The van der Waals surface area contributed by atoms with E-state index in [0.29, 0.717) is 18.7 Å². The van der Waals surface area contributed by atoms with Gasteiger partial charge in [0.15, 0.2) is 0 Å². The first-order chi connectivity index (χ1) is 8.89. The lowest BCUT2D eigenvalue weighted by Gasteiger charge is -2.24. The van der Waals surface area contributed by atoms with Crippen LogP contribution >= 0.6 is 0 Å². The minimum atomic E-state index is -0.567. The Kier molecular flexibility index (Phi) is 4.84. The number of anilines is 1. The molecule has 0 aliphatic rings. The summed E-state index contributed by atoms with van der Waals surface area (Å²) >= 11 is 0. The van der Waals surface area contributed by atoms with Crippen LogP contribution in [0.1, 0.15) is 25.8 Å². The van der Waals surface area contributed by atoms with Gasteiger partial charge in [-0.2, -0.15) is 5.26 Å². The fourth-order valence-electron chi connectivity index (χ4n) is 1.62. The van der Waals surface area contributed by atoms with E-state index >= 15 is 0 Å². The van der Waals surface area contributed by atoms with Crippen molar-refractivity contribution in [2.75, 3.05) is 18.5 Å². The molecule has 0 unspecified atom stereocenters. The van der Waals surface area contributed by atoms with Crippen molar-refractivity contribution in [1.29, 1.82) is 5.26 Å². The van der Waals surface area contributed by atoms with Gasteiger partial charge in [-0.15, -0.1) is 0 Å². The van der Waals surface area contributed by atoms with E-state index in [1.54, 1.807) is 12.1 Å². The molecule has 0 aromatic heterocycles. The predicted molar refractivity (Wildman–Crippen MR) is 71.8 cm³/mol. The number of nitriles is 1. The van der Waals surface area contributed by atoms with E-state index in [1.165, 1.54) is 12.1 Å². The number of nitro groups is 1. The van der Waals surface area contributed by atoms with E-state index in [4.69, 9.17) is 10.4 Å². The quantitative estimate of drug-likeness (QED) is 0.606. The van der Waals surface area contributed by atoms with Gasteiger partial charge in [0.25, 0.3) is 5.69 Å². The van der Waals surface area contributed by atoms with E-state index in [1.807, 2.05) is 13.8 Å². The normalized spacial score (nSPS) is 10.8. The molecule has 2 N–H and O–H groups in total. The predicted octanol–water partition coefficient (Wildman–Crippen LogP) is 2.29. The maximum atomic E-state index is 10.8. The minimum absolute atomic E-state index is 0.0465. The number of aliphatic hydroxyl groups excluding tert-OH is 1. The molecule has 19 heavy (non-hydrogen) atoms. The van der Waals surface area contributed by atoms with E-state index in [-0.39, 0.29) is 23.3 Å². The van der Waals surface area contributed by atoms with Crippen LogP contribution in [-0.4, -0.2) is 23.2 Å². The summed E-state index contributed by atoms with van der Waals surface area (Å²) in [6, 6.07) is 6.22. The third-order valence-electron chi connectivity index (χ3n) is 2.87. The Morgan fingerprint density at radius 3 is 2.74 bits per heavy atom. The highest BCUT2D eigenvalue weighted by Gasteiger charge is 2.18. The second kappa shape index (κ2) is 6.16. The number of nitrogens with zero attached hydrogens (tertiary/aromatic N) is 2. The zero-order valence-electron chi connectivity index (χ0n) is 11.0. The second-order valence-electron chi connectivity index (χ2n) is 5.09. The summed E-state index contributed by atoms with van der Waals surface area (Å²) in [7, 11) is 0. The van der Waals surface area contributed by atoms with E-state index in [9.17, 15) is 10.1 Å². The fourth-order valence-corrected chi connectivity index (χ4v) is 1.62. The van der Waals surface area contributed by atoms with Crippen LogP contribution in [0.2, 0.25) is 0 Å². The largest absolute Gasteiger partial charge is 0.396 e. The Hall–Kier alpha value is -2.13.